The highest BCUT2D eigenvalue weighted by Crippen LogP contribution is 2.17. The van der Waals surface area contributed by atoms with Crippen LogP contribution in [0.25, 0.3) is 0 Å². The molecule has 0 radical (unpaired) electrons. The Bertz CT molecular complexity index is 763. The maximum absolute atomic E-state index is 5.44. The smallest absolute Gasteiger partial charge is 0.191 e. The number of guanidine groups is 1. The monoisotopic (exact) mass is 518 g/mol. The first kappa shape index (κ1) is 25.4. The summed E-state index contributed by atoms with van der Waals surface area (Å²) in [6.07, 6.45) is 1.66. The molecule has 0 aliphatic heterocycles. The van der Waals surface area contributed by atoms with Crippen LogP contribution in [0.3, 0.4) is 0 Å². The van der Waals surface area contributed by atoms with Gasteiger partial charge >= 0.3 is 0 Å². The van der Waals surface area contributed by atoms with Gasteiger partial charge in [-0.25, -0.2) is 4.99 Å². The molecule has 0 saturated carbocycles. The summed E-state index contributed by atoms with van der Waals surface area (Å²) in [6.45, 7) is 13.8. The first-order valence-corrected chi connectivity index (χ1v) is 10.1. The third-order valence-electron chi connectivity index (χ3n) is 4.82. The molecule has 2 aromatic heterocycles. The average molecular weight is 518 g/mol. The second kappa shape index (κ2) is 12.8. The van der Waals surface area contributed by atoms with Gasteiger partial charge in [0, 0.05) is 43.4 Å². The van der Waals surface area contributed by atoms with E-state index in [2.05, 4.69) is 48.6 Å². The zero-order chi connectivity index (χ0) is 20.5. The molecule has 2 heterocycles. The third kappa shape index (κ3) is 6.70. The number of aryl methyl sites for hydroxylation is 3. The van der Waals surface area contributed by atoms with Gasteiger partial charge in [0.25, 0.3) is 0 Å². The molecule has 29 heavy (non-hydrogen) atoms. The quantitative estimate of drug-likeness (QED) is 0.286. The van der Waals surface area contributed by atoms with Gasteiger partial charge in [-0.15, -0.1) is 24.0 Å². The minimum absolute atomic E-state index is 0. The van der Waals surface area contributed by atoms with Gasteiger partial charge in [0.1, 0.15) is 5.76 Å². The molecule has 2 rings (SSSR count). The molecule has 0 fully saturated rings. The fourth-order valence-corrected chi connectivity index (χ4v) is 3.17. The fraction of sp³-hybridized carbons (Fsp3) is 0.650. The van der Waals surface area contributed by atoms with E-state index in [0.29, 0.717) is 19.7 Å². The van der Waals surface area contributed by atoms with Gasteiger partial charge in [-0.2, -0.15) is 5.10 Å². The summed E-state index contributed by atoms with van der Waals surface area (Å²) in [5.41, 5.74) is 5.45. The van der Waals surface area contributed by atoms with Gasteiger partial charge in [0.05, 0.1) is 31.1 Å². The number of nitrogens with zero attached hydrogens (tertiary/aromatic N) is 4. The molecule has 8 nitrogen and oxygen atoms in total. The first-order valence-electron chi connectivity index (χ1n) is 10.1. The van der Waals surface area contributed by atoms with Crippen molar-refractivity contribution in [2.45, 2.75) is 67.1 Å². The lowest BCUT2D eigenvalue weighted by Gasteiger charge is -2.12. The summed E-state index contributed by atoms with van der Waals surface area (Å²) in [6, 6.07) is 0. The van der Waals surface area contributed by atoms with E-state index in [1.807, 2.05) is 11.6 Å². The van der Waals surface area contributed by atoms with Crippen LogP contribution in [0.1, 0.15) is 54.7 Å². The van der Waals surface area contributed by atoms with E-state index in [4.69, 9.17) is 14.3 Å². The second-order valence-corrected chi connectivity index (χ2v) is 6.65. The van der Waals surface area contributed by atoms with Crippen LogP contribution in [0.4, 0.5) is 0 Å². The molecule has 2 aromatic rings. The summed E-state index contributed by atoms with van der Waals surface area (Å²) in [5.74, 6) is 1.69. The van der Waals surface area contributed by atoms with Gasteiger partial charge in [-0.05, 0) is 27.2 Å². The van der Waals surface area contributed by atoms with Gasteiger partial charge in [-0.3, -0.25) is 4.68 Å². The fourth-order valence-electron chi connectivity index (χ4n) is 3.17. The number of halogens is 1. The van der Waals surface area contributed by atoms with Crippen LogP contribution < -0.4 is 10.6 Å². The van der Waals surface area contributed by atoms with Crippen molar-refractivity contribution < 1.29 is 9.26 Å². The van der Waals surface area contributed by atoms with Crippen LogP contribution in [0.2, 0.25) is 0 Å². The second-order valence-electron chi connectivity index (χ2n) is 6.65. The molecular formula is C20H35IN6O2. The lowest BCUT2D eigenvalue weighted by molar-refractivity contribution is 0.182. The molecule has 0 bridgehead atoms. The molecule has 2 N–H and O–H groups in total. The normalized spacial score (nSPS) is 11.4. The van der Waals surface area contributed by atoms with E-state index in [9.17, 15) is 0 Å². The van der Waals surface area contributed by atoms with E-state index in [0.717, 1.165) is 60.3 Å². The van der Waals surface area contributed by atoms with E-state index in [1.165, 1.54) is 5.56 Å². The SMILES string of the molecule is CCNC(=NCc1c(CC)noc1CC)NCc1c(C)nn(CCOC)c1C.I. The van der Waals surface area contributed by atoms with Crippen LogP contribution >= 0.6 is 24.0 Å². The Morgan fingerprint density at radius 2 is 1.90 bits per heavy atom. The molecule has 0 saturated heterocycles. The van der Waals surface area contributed by atoms with Crippen molar-refractivity contribution >= 4 is 29.9 Å². The number of nitrogens with one attached hydrogen (secondary N) is 2. The Morgan fingerprint density at radius 3 is 2.52 bits per heavy atom. The summed E-state index contributed by atoms with van der Waals surface area (Å²) < 4.78 is 12.6. The Labute approximate surface area is 190 Å². The Kier molecular flexibility index (Phi) is 11.3. The summed E-state index contributed by atoms with van der Waals surface area (Å²) in [7, 11) is 1.71. The van der Waals surface area contributed by atoms with Crippen LogP contribution in [0.5, 0.6) is 0 Å². The third-order valence-corrected chi connectivity index (χ3v) is 4.82. The summed E-state index contributed by atoms with van der Waals surface area (Å²) in [5, 5.41) is 15.5. The molecule has 0 aliphatic carbocycles. The van der Waals surface area contributed by atoms with Gasteiger partial charge in [-0.1, -0.05) is 19.0 Å². The van der Waals surface area contributed by atoms with E-state index in [-0.39, 0.29) is 24.0 Å². The zero-order valence-corrected chi connectivity index (χ0v) is 20.8. The van der Waals surface area contributed by atoms with E-state index in [1.54, 1.807) is 7.11 Å². The van der Waals surface area contributed by atoms with Gasteiger partial charge in [0.2, 0.25) is 0 Å². The number of rotatable bonds is 10. The number of hydrogen-bond acceptors (Lipinski definition) is 5. The lowest BCUT2D eigenvalue weighted by Crippen LogP contribution is -2.37. The Hall–Kier alpha value is -1.62. The highest BCUT2D eigenvalue weighted by molar-refractivity contribution is 14.0. The Balaban J connectivity index is 0.00000420. The van der Waals surface area contributed by atoms with Crippen molar-refractivity contribution in [1.29, 1.82) is 0 Å². The largest absolute Gasteiger partial charge is 0.383 e. The van der Waals surface area contributed by atoms with Gasteiger partial charge < -0.3 is 19.9 Å². The topological polar surface area (TPSA) is 89.5 Å². The van der Waals surface area contributed by atoms with Crippen molar-refractivity contribution in [3.63, 3.8) is 0 Å². The van der Waals surface area contributed by atoms with E-state index >= 15 is 0 Å². The maximum Gasteiger partial charge on any atom is 0.191 e. The molecule has 0 unspecified atom stereocenters. The number of aliphatic imine (C=N–C) groups is 1. The summed E-state index contributed by atoms with van der Waals surface area (Å²) >= 11 is 0. The van der Waals surface area contributed by atoms with Crippen molar-refractivity contribution in [3.05, 3.63) is 34.0 Å². The van der Waals surface area contributed by atoms with Crippen molar-refractivity contribution in [3.8, 4) is 0 Å². The van der Waals surface area contributed by atoms with E-state index < -0.39 is 0 Å². The molecule has 0 spiro atoms. The number of methoxy groups -OCH3 is 1. The first-order chi connectivity index (χ1) is 13.5. The number of ether oxygens (including phenoxy) is 1. The summed E-state index contributed by atoms with van der Waals surface area (Å²) in [4.78, 5) is 4.75. The molecule has 0 aliphatic rings. The van der Waals surface area contributed by atoms with Crippen LogP contribution in [-0.4, -0.2) is 41.2 Å². The average Bonchev–Trinajstić information content (AvgIpc) is 3.22. The van der Waals surface area contributed by atoms with Crippen molar-refractivity contribution in [2.75, 3.05) is 20.3 Å². The lowest BCUT2D eigenvalue weighted by atomic mass is 10.1. The van der Waals surface area contributed by atoms with Crippen molar-refractivity contribution in [2.24, 2.45) is 4.99 Å². The standard InChI is InChI=1S/C20H34N6O2.HI/c1-7-18-17(19(8-2)28-25-18)13-23-20(21-9-3)22-12-16-14(4)24-26(15(16)5)10-11-27-6;/h7-13H2,1-6H3,(H2,21,22,23);1H. The van der Waals surface area contributed by atoms with Crippen molar-refractivity contribution in [1.82, 2.24) is 25.6 Å². The van der Waals surface area contributed by atoms with Gasteiger partial charge in [0.15, 0.2) is 5.96 Å². The molecule has 9 heteroatoms. The predicted molar refractivity (Wildman–Crippen MR) is 126 cm³/mol. The molecular weight excluding hydrogens is 483 g/mol. The zero-order valence-electron chi connectivity index (χ0n) is 18.5. The predicted octanol–water partition coefficient (Wildman–Crippen LogP) is 3.13. The van der Waals surface area contributed by atoms with Crippen LogP contribution in [-0.2, 0) is 37.2 Å². The highest BCUT2D eigenvalue weighted by Gasteiger charge is 2.14. The number of hydrogen-bond donors (Lipinski definition) is 2. The molecule has 0 amide bonds. The minimum atomic E-state index is 0. The minimum Gasteiger partial charge on any atom is -0.383 e. The highest BCUT2D eigenvalue weighted by atomic mass is 127. The Morgan fingerprint density at radius 1 is 1.14 bits per heavy atom. The molecule has 164 valence electrons. The maximum atomic E-state index is 5.44. The molecule has 0 aromatic carbocycles. The van der Waals surface area contributed by atoms with Crippen LogP contribution in [0, 0.1) is 13.8 Å². The molecule has 0 atom stereocenters. The van der Waals surface area contributed by atoms with Crippen LogP contribution in [0.15, 0.2) is 9.52 Å². The number of aromatic nitrogens is 3.